The van der Waals surface area contributed by atoms with Gasteiger partial charge in [0.25, 0.3) is 0 Å². The molecule has 3 rings (SSSR count). The van der Waals surface area contributed by atoms with Crippen molar-refractivity contribution in [2.75, 3.05) is 0 Å². The Hall–Kier alpha value is -0.980. The van der Waals surface area contributed by atoms with Gasteiger partial charge in [-0.05, 0) is 65.4 Å². The van der Waals surface area contributed by atoms with Crippen LogP contribution < -0.4 is 0 Å². The van der Waals surface area contributed by atoms with E-state index in [1.54, 1.807) is 0 Å². The molecular formula is C21H32O. The van der Waals surface area contributed by atoms with E-state index >= 15 is 0 Å². The molecule has 2 aliphatic rings. The van der Waals surface area contributed by atoms with Crippen LogP contribution in [0.15, 0.2) is 12.1 Å². The minimum Gasteiger partial charge on any atom is -0.507 e. The number of rotatable bonds is 1. The summed E-state index contributed by atoms with van der Waals surface area (Å²) in [5.74, 6) is 3.47. The lowest BCUT2D eigenvalue weighted by Crippen LogP contribution is -2.33. The van der Waals surface area contributed by atoms with Crippen molar-refractivity contribution in [3.8, 4) is 5.75 Å². The minimum atomic E-state index is -0.00865. The van der Waals surface area contributed by atoms with Crippen LogP contribution >= 0.6 is 0 Å². The number of aryl methyl sites for hydroxylation is 1. The van der Waals surface area contributed by atoms with Crippen molar-refractivity contribution in [2.24, 2.45) is 23.2 Å². The molecule has 122 valence electrons. The highest BCUT2D eigenvalue weighted by Gasteiger charge is 2.55. The molecule has 0 heterocycles. The second-order valence-corrected chi connectivity index (χ2v) is 9.55. The minimum absolute atomic E-state index is 0.00865. The molecule has 1 aromatic carbocycles. The molecule has 2 saturated carbocycles. The summed E-state index contributed by atoms with van der Waals surface area (Å²) in [6.45, 7) is 16.0. The lowest BCUT2D eigenvalue weighted by Gasteiger charge is -2.41. The zero-order valence-corrected chi connectivity index (χ0v) is 15.3. The van der Waals surface area contributed by atoms with Crippen molar-refractivity contribution in [2.45, 2.75) is 72.6 Å². The number of hydrogen-bond acceptors (Lipinski definition) is 1. The first-order valence-electron chi connectivity index (χ1n) is 8.87. The summed E-state index contributed by atoms with van der Waals surface area (Å²) in [7, 11) is 0. The monoisotopic (exact) mass is 300 g/mol. The molecule has 0 saturated heterocycles. The van der Waals surface area contributed by atoms with Crippen LogP contribution in [0, 0.1) is 30.1 Å². The third-order valence-electron chi connectivity index (χ3n) is 6.93. The molecule has 1 heteroatoms. The Bertz CT molecular complexity index is 591. The summed E-state index contributed by atoms with van der Waals surface area (Å²) in [4.78, 5) is 0. The smallest absolute Gasteiger partial charge is 0.122 e. The van der Waals surface area contributed by atoms with Crippen molar-refractivity contribution in [1.82, 2.24) is 0 Å². The Morgan fingerprint density at radius 2 is 1.77 bits per heavy atom. The van der Waals surface area contributed by atoms with Crippen LogP contribution in [0.2, 0.25) is 0 Å². The van der Waals surface area contributed by atoms with Crippen LogP contribution in [0.1, 0.15) is 77.0 Å². The summed E-state index contributed by atoms with van der Waals surface area (Å²) in [6.07, 6.45) is 2.60. The molecular weight excluding hydrogens is 268 g/mol. The van der Waals surface area contributed by atoms with Gasteiger partial charge in [-0.3, -0.25) is 0 Å². The van der Waals surface area contributed by atoms with Gasteiger partial charge >= 0.3 is 0 Å². The predicted octanol–water partition coefficient (Wildman–Crippen LogP) is 5.78. The molecule has 1 aromatic rings. The lowest BCUT2D eigenvalue weighted by molar-refractivity contribution is 0.117. The molecule has 2 aliphatic carbocycles. The summed E-state index contributed by atoms with van der Waals surface area (Å²) >= 11 is 0. The van der Waals surface area contributed by atoms with E-state index in [4.69, 9.17) is 0 Å². The molecule has 4 unspecified atom stereocenters. The van der Waals surface area contributed by atoms with Crippen molar-refractivity contribution < 1.29 is 5.11 Å². The van der Waals surface area contributed by atoms with E-state index in [1.165, 1.54) is 24.0 Å². The number of aromatic hydroxyl groups is 1. The van der Waals surface area contributed by atoms with Crippen LogP contribution in [-0.4, -0.2) is 5.11 Å². The number of benzene rings is 1. The zero-order chi connectivity index (χ0) is 16.4. The van der Waals surface area contributed by atoms with Gasteiger partial charge in [-0.2, -0.15) is 0 Å². The van der Waals surface area contributed by atoms with E-state index in [9.17, 15) is 5.11 Å². The SMILES string of the molecule is Cc1cc(C2CC3CC2C(C)(C)C3C)c(O)c(C(C)(C)C)c1. The van der Waals surface area contributed by atoms with Crippen molar-refractivity contribution in [3.05, 3.63) is 28.8 Å². The third kappa shape index (κ3) is 2.20. The fraction of sp³-hybridized carbons (Fsp3) is 0.714. The third-order valence-corrected chi connectivity index (χ3v) is 6.93. The van der Waals surface area contributed by atoms with Gasteiger partial charge < -0.3 is 5.11 Å². The van der Waals surface area contributed by atoms with Gasteiger partial charge in [-0.15, -0.1) is 0 Å². The fourth-order valence-electron chi connectivity index (χ4n) is 5.26. The number of fused-ring (bicyclic) bond motifs is 2. The van der Waals surface area contributed by atoms with Crippen LogP contribution in [0.3, 0.4) is 0 Å². The Labute approximate surface area is 136 Å². The largest absolute Gasteiger partial charge is 0.507 e. The van der Waals surface area contributed by atoms with E-state index in [2.05, 4.69) is 60.6 Å². The molecule has 0 aliphatic heterocycles. The zero-order valence-electron chi connectivity index (χ0n) is 15.3. The number of phenolic OH excluding ortho intramolecular Hbond substituents is 1. The highest BCUT2D eigenvalue weighted by Crippen LogP contribution is 2.65. The predicted molar refractivity (Wildman–Crippen MR) is 93.4 cm³/mol. The molecule has 22 heavy (non-hydrogen) atoms. The fourth-order valence-corrected chi connectivity index (χ4v) is 5.26. The van der Waals surface area contributed by atoms with Crippen LogP contribution in [0.4, 0.5) is 0 Å². The van der Waals surface area contributed by atoms with E-state index < -0.39 is 0 Å². The molecule has 2 fully saturated rings. The topological polar surface area (TPSA) is 20.2 Å². The Morgan fingerprint density at radius 1 is 1.14 bits per heavy atom. The molecule has 1 nitrogen and oxygen atoms in total. The summed E-state index contributed by atoms with van der Waals surface area (Å²) in [6, 6.07) is 4.41. The maximum Gasteiger partial charge on any atom is 0.122 e. The van der Waals surface area contributed by atoms with E-state index in [0.717, 1.165) is 17.4 Å². The van der Waals surface area contributed by atoms with Gasteiger partial charge in [-0.1, -0.05) is 59.2 Å². The standard InChI is InChI=1S/C21H32O/c1-12-8-16(19(22)18(9-12)20(3,4)5)15-10-14-11-17(15)21(6,7)13(14)2/h8-9,13-15,17,22H,10-11H2,1-7H3. The molecule has 0 aromatic heterocycles. The van der Waals surface area contributed by atoms with Gasteiger partial charge in [0.1, 0.15) is 5.75 Å². The van der Waals surface area contributed by atoms with E-state index in [-0.39, 0.29) is 5.41 Å². The highest BCUT2D eigenvalue weighted by atomic mass is 16.3. The van der Waals surface area contributed by atoms with E-state index in [0.29, 0.717) is 23.0 Å². The maximum atomic E-state index is 11.0. The first-order chi connectivity index (χ1) is 10.0. The Kier molecular flexibility index (Phi) is 3.44. The molecule has 4 atom stereocenters. The second-order valence-electron chi connectivity index (χ2n) is 9.55. The summed E-state index contributed by atoms with van der Waals surface area (Å²) < 4.78 is 0. The maximum absolute atomic E-state index is 11.0. The highest BCUT2D eigenvalue weighted by molar-refractivity contribution is 5.49. The second kappa shape index (κ2) is 4.76. The molecule has 0 amide bonds. The molecule has 1 N–H and O–H groups in total. The Balaban J connectivity index is 2.06. The van der Waals surface area contributed by atoms with Crippen molar-refractivity contribution in [3.63, 3.8) is 0 Å². The average Bonchev–Trinajstić information content (AvgIpc) is 2.91. The van der Waals surface area contributed by atoms with Crippen molar-refractivity contribution in [1.29, 1.82) is 0 Å². The number of hydrogen-bond donors (Lipinski definition) is 1. The van der Waals surface area contributed by atoms with Gasteiger partial charge in [-0.25, -0.2) is 0 Å². The van der Waals surface area contributed by atoms with Gasteiger partial charge in [0, 0.05) is 0 Å². The summed E-state index contributed by atoms with van der Waals surface area (Å²) in [5.41, 5.74) is 4.00. The first-order valence-corrected chi connectivity index (χ1v) is 8.87. The first kappa shape index (κ1) is 15.9. The molecule has 2 bridgehead atoms. The van der Waals surface area contributed by atoms with Gasteiger partial charge in [0.15, 0.2) is 0 Å². The van der Waals surface area contributed by atoms with Gasteiger partial charge in [0.05, 0.1) is 0 Å². The van der Waals surface area contributed by atoms with Crippen LogP contribution in [0.5, 0.6) is 5.75 Å². The lowest BCUT2D eigenvalue weighted by atomic mass is 9.63. The Morgan fingerprint density at radius 3 is 2.27 bits per heavy atom. The quantitative estimate of drug-likeness (QED) is 0.696. The molecule has 0 spiro atoms. The number of phenols is 1. The van der Waals surface area contributed by atoms with Gasteiger partial charge in [0.2, 0.25) is 0 Å². The molecule has 0 radical (unpaired) electrons. The van der Waals surface area contributed by atoms with Crippen LogP contribution in [-0.2, 0) is 5.41 Å². The normalized spacial score (nSPS) is 33.4. The van der Waals surface area contributed by atoms with E-state index in [1.807, 2.05) is 0 Å². The van der Waals surface area contributed by atoms with Crippen LogP contribution in [0.25, 0.3) is 0 Å². The summed E-state index contributed by atoms with van der Waals surface area (Å²) in [5, 5.41) is 11.0. The van der Waals surface area contributed by atoms with Crippen molar-refractivity contribution >= 4 is 0 Å². The average molecular weight is 300 g/mol.